The minimum Gasteiger partial charge on any atom is -0.467 e. The number of rotatable bonds is 1. The molecule has 4 heteroatoms. The van der Waals surface area contributed by atoms with E-state index in [0.717, 1.165) is 32.0 Å². The van der Waals surface area contributed by atoms with E-state index < -0.39 is 0 Å². The second kappa shape index (κ2) is 7.69. The van der Waals surface area contributed by atoms with Gasteiger partial charge in [0.1, 0.15) is 0 Å². The summed E-state index contributed by atoms with van der Waals surface area (Å²) in [5, 5.41) is 0. The van der Waals surface area contributed by atoms with Crippen molar-refractivity contribution < 1.29 is 9.53 Å². The maximum atomic E-state index is 12.3. The van der Waals surface area contributed by atoms with Gasteiger partial charge >= 0.3 is 5.97 Å². The molecular weight excluding hydrogens is 288 g/mol. The number of hydrogen-bond acceptors (Lipinski definition) is 4. The van der Waals surface area contributed by atoms with Crippen molar-refractivity contribution in [3.05, 3.63) is 12.3 Å². The van der Waals surface area contributed by atoms with Gasteiger partial charge in [-0.1, -0.05) is 31.8 Å². The van der Waals surface area contributed by atoms with Crippen LogP contribution in [0.15, 0.2) is 12.3 Å². The molecule has 2 fully saturated rings. The minimum absolute atomic E-state index is 0.0535. The van der Waals surface area contributed by atoms with E-state index in [4.69, 9.17) is 4.74 Å². The highest BCUT2D eigenvalue weighted by Gasteiger charge is 2.57. The lowest BCUT2D eigenvalue weighted by molar-refractivity contribution is -0.145. The van der Waals surface area contributed by atoms with Crippen molar-refractivity contribution in [3.8, 4) is 0 Å². The molecule has 0 N–H and O–H groups in total. The number of nitrogens with zero attached hydrogens (tertiary/aromatic N) is 2. The molecule has 3 aliphatic rings. The first kappa shape index (κ1) is 16.8. The maximum Gasteiger partial charge on any atom is 0.333 e. The van der Waals surface area contributed by atoms with Crippen molar-refractivity contribution in [2.45, 2.75) is 75.8 Å². The van der Waals surface area contributed by atoms with Gasteiger partial charge in [0.15, 0.2) is 5.54 Å². The van der Waals surface area contributed by atoms with Crippen LogP contribution in [0, 0.1) is 0 Å². The predicted octanol–water partition coefficient (Wildman–Crippen LogP) is 3.33. The highest BCUT2D eigenvalue weighted by Crippen LogP contribution is 2.38. The van der Waals surface area contributed by atoms with Crippen molar-refractivity contribution in [1.82, 2.24) is 9.80 Å². The van der Waals surface area contributed by atoms with E-state index in [0.29, 0.717) is 0 Å². The van der Waals surface area contributed by atoms with Gasteiger partial charge in [0.2, 0.25) is 0 Å². The van der Waals surface area contributed by atoms with E-state index in [2.05, 4.69) is 22.1 Å². The highest BCUT2D eigenvalue weighted by atomic mass is 16.5. The SMILES string of the molecule is COC(=O)C12CCN3CCCC3CCCCCCC/C=C/N1C2. The zero-order chi connectivity index (χ0) is 16.1. The van der Waals surface area contributed by atoms with Crippen LogP contribution in [0.25, 0.3) is 0 Å². The number of carbonyl (C=O) groups excluding carboxylic acids is 1. The van der Waals surface area contributed by atoms with E-state index in [1.54, 1.807) is 0 Å². The molecule has 0 radical (unpaired) electrons. The summed E-state index contributed by atoms with van der Waals surface area (Å²) in [5.41, 5.74) is -0.376. The summed E-state index contributed by atoms with van der Waals surface area (Å²) in [6, 6.07) is 0.748. The fraction of sp³-hybridized carbons (Fsp3) is 0.842. The Hall–Kier alpha value is -1.03. The number of ether oxygens (including phenoxy) is 1. The van der Waals surface area contributed by atoms with Crippen molar-refractivity contribution in [1.29, 1.82) is 0 Å². The van der Waals surface area contributed by atoms with Crippen LogP contribution in [-0.4, -0.2) is 54.1 Å². The summed E-state index contributed by atoms with van der Waals surface area (Å²) in [6.07, 6.45) is 17.1. The third-order valence-electron chi connectivity index (χ3n) is 5.95. The molecule has 0 aromatic rings. The van der Waals surface area contributed by atoms with Gasteiger partial charge in [0.25, 0.3) is 0 Å². The van der Waals surface area contributed by atoms with Crippen molar-refractivity contribution in [2.75, 3.05) is 26.7 Å². The molecule has 0 saturated carbocycles. The highest BCUT2D eigenvalue weighted by molar-refractivity contribution is 5.85. The Kier molecular flexibility index (Phi) is 5.62. The van der Waals surface area contributed by atoms with Crippen molar-refractivity contribution >= 4 is 5.97 Å². The second-order valence-corrected chi connectivity index (χ2v) is 7.46. The van der Waals surface area contributed by atoms with Gasteiger partial charge in [0.05, 0.1) is 13.7 Å². The van der Waals surface area contributed by atoms with Crippen LogP contribution in [-0.2, 0) is 9.53 Å². The first-order chi connectivity index (χ1) is 11.3. The Morgan fingerprint density at radius 3 is 2.74 bits per heavy atom. The van der Waals surface area contributed by atoms with Gasteiger partial charge < -0.3 is 14.5 Å². The van der Waals surface area contributed by atoms with Gasteiger partial charge in [-0.25, -0.2) is 4.79 Å². The van der Waals surface area contributed by atoms with E-state index in [9.17, 15) is 4.79 Å². The average Bonchev–Trinajstić information content (AvgIpc) is 3.09. The molecule has 3 rings (SSSR count). The summed E-state index contributed by atoms with van der Waals surface area (Å²) >= 11 is 0. The molecule has 0 bridgehead atoms. The molecule has 0 amide bonds. The van der Waals surface area contributed by atoms with E-state index >= 15 is 0 Å². The molecule has 0 aromatic heterocycles. The number of hydrogen-bond donors (Lipinski definition) is 0. The normalized spacial score (nSPS) is 34.7. The summed E-state index contributed by atoms with van der Waals surface area (Å²) in [4.78, 5) is 17.1. The zero-order valence-electron chi connectivity index (χ0n) is 14.6. The third kappa shape index (κ3) is 3.90. The number of methoxy groups -OCH3 is 1. The summed E-state index contributed by atoms with van der Waals surface area (Å²) in [7, 11) is 1.52. The van der Waals surface area contributed by atoms with Crippen LogP contribution >= 0.6 is 0 Å². The topological polar surface area (TPSA) is 32.5 Å². The first-order valence-corrected chi connectivity index (χ1v) is 9.52. The second-order valence-electron chi connectivity index (χ2n) is 7.46. The maximum absolute atomic E-state index is 12.3. The summed E-state index contributed by atoms with van der Waals surface area (Å²) < 4.78 is 5.10. The van der Waals surface area contributed by atoms with Gasteiger partial charge in [-0.2, -0.15) is 0 Å². The Labute approximate surface area is 140 Å². The Morgan fingerprint density at radius 2 is 1.87 bits per heavy atom. The largest absolute Gasteiger partial charge is 0.467 e. The number of carbonyl (C=O) groups is 1. The number of esters is 1. The molecular formula is C19H32N2O2. The fourth-order valence-corrected chi connectivity index (χ4v) is 4.36. The van der Waals surface area contributed by atoms with Gasteiger partial charge in [-0.15, -0.1) is 0 Å². The number of allylic oxidation sites excluding steroid dienone is 1. The van der Waals surface area contributed by atoms with Crippen LogP contribution in [0.3, 0.4) is 0 Å². The molecule has 0 aliphatic carbocycles. The van der Waals surface area contributed by atoms with Gasteiger partial charge in [-0.05, 0) is 51.3 Å². The molecule has 4 nitrogen and oxygen atoms in total. The lowest BCUT2D eigenvalue weighted by Gasteiger charge is -2.26. The molecule has 0 aromatic carbocycles. The minimum atomic E-state index is -0.376. The molecule has 2 atom stereocenters. The summed E-state index contributed by atoms with van der Waals surface area (Å²) in [6.45, 7) is 3.07. The molecule has 3 aliphatic heterocycles. The average molecular weight is 320 g/mol. The number of fused-ring (bicyclic) bond motifs is 2. The van der Waals surface area contributed by atoms with Gasteiger partial charge in [-0.3, -0.25) is 0 Å². The predicted molar refractivity (Wildman–Crippen MR) is 92.1 cm³/mol. The molecule has 2 unspecified atom stereocenters. The lowest BCUT2D eigenvalue weighted by Crippen LogP contribution is -2.37. The van der Waals surface area contributed by atoms with Crippen LogP contribution < -0.4 is 0 Å². The zero-order valence-corrected chi connectivity index (χ0v) is 14.6. The quantitative estimate of drug-likeness (QED) is 0.548. The van der Waals surface area contributed by atoms with E-state index in [1.165, 1.54) is 65.0 Å². The third-order valence-corrected chi connectivity index (χ3v) is 5.95. The summed E-state index contributed by atoms with van der Waals surface area (Å²) in [5.74, 6) is -0.0535. The molecule has 2 saturated heterocycles. The Balaban J connectivity index is 1.66. The monoisotopic (exact) mass is 320 g/mol. The van der Waals surface area contributed by atoms with Crippen LogP contribution in [0.4, 0.5) is 0 Å². The Bertz CT molecular complexity index is 437. The lowest BCUT2D eigenvalue weighted by atomic mass is 10.0. The van der Waals surface area contributed by atoms with Crippen LogP contribution in [0.1, 0.15) is 64.2 Å². The molecule has 130 valence electrons. The van der Waals surface area contributed by atoms with Crippen molar-refractivity contribution in [2.24, 2.45) is 0 Å². The smallest absolute Gasteiger partial charge is 0.333 e. The van der Waals surface area contributed by atoms with E-state index in [-0.39, 0.29) is 11.5 Å². The van der Waals surface area contributed by atoms with Crippen molar-refractivity contribution in [3.63, 3.8) is 0 Å². The fourth-order valence-electron chi connectivity index (χ4n) is 4.36. The standard InChI is InChI=1S/C19H32N2O2/c1-23-18(22)19-12-15-20-13-9-11-17(20)10-7-5-3-2-4-6-8-14-21(19)16-19/h8,14,17H,2-7,9-13,15-16H2,1H3/b14-8+. The Morgan fingerprint density at radius 1 is 1.09 bits per heavy atom. The first-order valence-electron chi connectivity index (χ1n) is 9.52. The van der Waals surface area contributed by atoms with Crippen LogP contribution in [0.5, 0.6) is 0 Å². The molecule has 23 heavy (non-hydrogen) atoms. The molecule has 3 heterocycles. The molecule has 0 spiro atoms. The van der Waals surface area contributed by atoms with E-state index in [1.807, 2.05) is 0 Å². The van der Waals surface area contributed by atoms with Crippen LogP contribution in [0.2, 0.25) is 0 Å². The van der Waals surface area contributed by atoms with Gasteiger partial charge in [0, 0.05) is 12.6 Å².